The second kappa shape index (κ2) is 3.46. The van der Waals surface area contributed by atoms with E-state index in [1.54, 1.807) is 0 Å². The number of hydrogen-bond acceptors (Lipinski definition) is 5. The number of amides is 1. The highest BCUT2D eigenvalue weighted by molar-refractivity contribution is 5.83. The van der Waals surface area contributed by atoms with Crippen molar-refractivity contribution in [3.05, 3.63) is 0 Å². The van der Waals surface area contributed by atoms with Gasteiger partial charge in [0.2, 0.25) is 5.91 Å². The molecule has 0 spiro atoms. The van der Waals surface area contributed by atoms with Crippen LogP contribution in [0.5, 0.6) is 0 Å². The summed E-state index contributed by atoms with van der Waals surface area (Å²) in [5.41, 5.74) is 0. The van der Waals surface area contributed by atoms with Gasteiger partial charge in [-0.2, -0.15) is 0 Å². The molecule has 1 aliphatic heterocycles. The fourth-order valence-electron chi connectivity index (χ4n) is 2.26. The zero-order valence-corrected chi connectivity index (χ0v) is 8.29. The van der Waals surface area contributed by atoms with Gasteiger partial charge in [0.15, 0.2) is 6.73 Å². The van der Waals surface area contributed by atoms with Gasteiger partial charge in [-0.15, -0.1) is 0 Å². The quantitative estimate of drug-likeness (QED) is 0.545. The van der Waals surface area contributed by atoms with Crippen molar-refractivity contribution in [1.82, 2.24) is 4.90 Å². The van der Waals surface area contributed by atoms with E-state index in [1.807, 2.05) is 0 Å². The van der Waals surface area contributed by atoms with E-state index in [-0.39, 0.29) is 12.6 Å². The van der Waals surface area contributed by atoms with E-state index in [9.17, 15) is 19.8 Å². The van der Waals surface area contributed by atoms with Crippen LogP contribution in [0.2, 0.25) is 0 Å². The van der Waals surface area contributed by atoms with Crippen molar-refractivity contribution < 1.29 is 24.5 Å². The van der Waals surface area contributed by atoms with Crippen LogP contribution in [0.3, 0.4) is 0 Å². The molecular formula is C9H13NO5. The Hall–Kier alpha value is -1.14. The maximum absolute atomic E-state index is 11.6. The number of nitrogens with zero attached hydrogens (tertiary/aromatic N) is 1. The van der Waals surface area contributed by atoms with Crippen LogP contribution in [-0.4, -0.2) is 52.0 Å². The molecule has 2 rings (SSSR count). The van der Waals surface area contributed by atoms with Gasteiger partial charge in [-0.3, -0.25) is 9.59 Å². The second-order valence-electron chi connectivity index (χ2n) is 3.96. The molecule has 4 atom stereocenters. The average Bonchev–Trinajstić information content (AvgIpc) is 2.62. The molecule has 0 aromatic heterocycles. The van der Waals surface area contributed by atoms with Crippen molar-refractivity contribution >= 4 is 11.9 Å². The average molecular weight is 215 g/mol. The number of ether oxygens (including phenoxy) is 1. The Kier molecular flexibility index (Phi) is 2.40. The van der Waals surface area contributed by atoms with Crippen LogP contribution in [0.4, 0.5) is 0 Å². The van der Waals surface area contributed by atoms with Crippen molar-refractivity contribution in [2.45, 2.75) is 31.6 Å². The van der Waals surface area contributed by atoms with Crippen LogP contribution in [0.15, 0.2) is 0 Å². The smallest absolute Gasteiger partial charge is 0.304 e. The number of aliphatic hydroxyl groups excluding tert-OH is 2. The van der Waals surface area contributed by atoms with E-state index in [0.29, 0.717) is 6.42 Å². The zero-order chi connectivity index (χ0) is 11.2. The molecule has 1 heterocycles. The summed E-state index contributed by atoms with van der Waals surface area (Å²) in [4.78, 5) is 23.5. The number of rotatable bonds is 2. The van der Waals surface area contributed by atoms with Crippen molar-refractivity contribution in [2.75, 3.05) is 6.73 Å². The van der Waals surface area contributed by atoms with E-state index in [0.717, 1.165) is 0 Å². The molecular weight excluding hydrogens is 202 g/mol. The summed E-state index contributed by atoms with van der Waals surface area (Å²) in [5.74, 6) is -1.26. The first-order chi connectivity index (χ1) is 7.02. The summed E-state index contributed by atoms with van der Waals surface area (Å²) in [6.07, 6.45) is -1.47. The highest BCUT2D eigenvalue weighted by Crippen LogP contribution is 2.38. The molecule has 2 fully saturated rings. The van der Waals surface area contributed by atoms with Crippen molar-refractivity contribution in [3.63, 3.8) is 0 Å². The molecule has 6 nitrogen and oxygen atoms in total. The molecule has 1 aliphatic carbocycles. The fourth-order valence-corrected chi connectivity index (χ4v) is 2.26. The van der Waals surface area contributed by atoms with E-state index < -0.39 is 30.1 Å². The predicted octanol–water partition coefficient (Wildman–Crippen LogP) is -1.54. The van der Waals surface area contributed by atoms with Crippen molar-refractivity contribution in [1.29, 1.82) is 0 Å². The largest absolute Gasteiger partial charge is 0.444 e. The number of aliphatic hydroxyl groups is 2. The Balaban J connectivity index is 2.03. The maximum atomic E-state index is 11.6. The second-order valence-corrected chi connectivity index (χ2v) is 3.96. The van der Waals surface area contributed by atoms with Crippen LogP contribution < -0.4 is 0 Å². The third-order valence-corrected chi connectivity index (χ3v) is 3.06. The Morgan fingerprint density at radius 3 is 2.73 bits per heavy atom. The lowest BCUT2D eigenvalue weighted by Gasteiger charge is -2.32. The fraction of sp³-hybridized carbons (Fsp3) is 0.778. The lowest BCUT2D eigenvalue weighted by atomic mass is 10.0. The van der Waals surface area contributed by atoms with Gasteiger partial charge in [0.25, 0.3) is 0 Å². The van der Waals surface area contributed by atoms with Crippen LogP contribution >= 0.6 is 0 Å². The Morgan fingerprint density at radius 1 is 1.53 bits per heavy atom. The van der Waals surface area contributed by atoms with E-state index in [1.165, 1.54) is 11.8 Å². The summed E-state index contributed by atoms with van der Waals surface area (Å²) in [5, 5.41) is 19.0. The van der Waals surface area contributed by atoms with E-state index in [2.05, 4.69) is 0 Å². The van der Waals surface area contributed by atoms with Gasteiger partial charge in [0, 0.05) is 6.92 Å². The normalized spacial score (nSPS) is 38.6. The minimum atomic E-state index is -0.976. The summed E-state index contributed by atoms with van der Waals surface area (Å²) in [7, 11) is 0. The molecule has 1 saturated carbocycles. The molecule has 84 valence electrons. The molecule has 0 aromatic rings. The molecule has 1 amide bonds. The summed E-state index contributed by atoms with van der Waals surface area (Å²) in [6.45, 7) is 1.11. The van der Waals surface area contributed by atoms with E-state index >= 15 is 0 Å². The van der Waals surface area contributed by atoms with Gasteiger partial charge in [-0.1, -0.05) is 0 Å². The lowest BCUT2D eigenvalue weighted by molar-refractivity contribution is -0.160. The third-order valence-electron chi connectivity index (χ3n) is 3.06. The van der Waals surface area contributed by atoms with Gasteiger partial charge < -0.3 is 19.8 Å². The summed E-state index contributed by atoms with van der Waals surface area (Å²) >= 11 is 0. The number of esters is 1. The van der Waals surface area contributed by atoms with Gasteiger partial charge in [-0.25, -0.2) is 0 Å². The van der Waals surface area contributed by atoms with Gasteiger partial charge in [0.1, 0.15) is 6.10 Å². The first-order valence-corrected chi connectivity index (χ1v) is 4.82. The minimum absolute atomic E-state index is 0.140. The minimum Gasteiger partial charge on any atom is -0.444 e. The molecule has 15 heavy (non-hydrogen) atoms. The molecule has 0 aromatic carbocycles. The molecule has 2 N–H and O–H groups in total. The topological polar surface area (TPSA) is 87.1 Å². The monoisotopic (exact) mass is 215 g/mol. The predicted molar refractivity (Wildman–Crippen MR) is 47.4 cm³/mol. The molecule has 1 saturated heterocycles. The number of carbonyl (C=O) groups is 2. The van der Waals surface area contributed by atoms with Crippen LogP contribution in [0.1, 0.15) is 13.3 Å². The third kappa shape index (κ3) is 1.49. The molecule has 2 bridgehead atoms. The SMILES string of the molecule is CC(=O)OCN1C(=O)C2CC1C(O)C2O. The first-order valence-electron chi connectivity index (χ1n) is 4.82. The van der Waals surface area contributed by atoms with Crippen LogP contribution in [0, 0.1) is 5.92 Å². The zero-order valence-electron chi connectivity index (χ0n) is 8.29. The number of hydrogen-bond donors (Lipinski definition) is 2. The standard InChI is InChI=1S/C9H13NO5/c1-4(11)15-3-10-6-2-5(9(10)14)7(12)8(6)13/h5-8,12-13H,2-3H2,1H3. The van der Waals surface area contributed by atoms with Crippen molar-refractivity contribution in [2.24, 2.45) is 5.92 Å². The van der Waals surface area contributed by atoms with Gasteiger partial charge in [-0.05, 0) is 6.42 Å². The summed E-state index contributed by atoms with van der Waals surface area (Å²) in [6, 6.07) is -0.420. The lowest BCUT2D eigenvalue weighted by Crippen LogP contribution is -2.52. The summed E-state index contributed by atoms with van der Waals surface area (Å²) < 4.78 is 4.71. The Labute approximate surface area is 86.4 Å². The number of fused-ring (bicyclic) bond motifs is 2. The van der Waals surface area contributed by atoms with Crippen LogP contribution in [0.25, 0.3) is 0 Å². The molecule has 6 heteroatoms. The first kappa shape index (κ1) is 10.4. The maximum Gasteiger partial charge on any atom is 0.304 e. The molecule has 2 aliphatic rings. The highest BCUT2D eigenvalue weighted by atomic mass is 16.5. The molecule has 0 radical (unpaired) electrons. The number of piperidine rings is 1. The van der Waals surface area contributed by atoms with Crippen LogP contribution in [-0.2, 0) is 14.3 Å². The molecule has 4 unspecified atom stereocenters. The Morgan fingerprint density at radius 2 is 2.20 bits per heavy atom. The Bertz CT molecular complexity index is 305. The van der Waals surface area contributed by atoms with Gasteiger partial charge in [0.05, 0.1) is 18.1 Å². The van der Waals surface area contributed by atoms with Crippen molar-refractivity contribution in [3.8, 4) is 0 Å². The van der Waals surface area contributed by atoms with Gasteiger partial charge >= 0.3 is 5.97 Å². The highest BCUT2D eigenvalue weighted by Gasteiger charge is 2.56. The number of likely N-dealkylation sites (tertiary alicyclic amines) is 1. The van der Waals surface area contributed by atoms with E-state index in [4.69, 9.17) is 4.74 Å². The number of carbonyl (C=O) groups excluding carboxylic acids is 2.